The van der Waals surface area contributed by atoms with Crippen molar-refractivity contribution in [2.24, 2.45) is 5.92 Å². The van der Waals surface area contributed by atoms with Gasteiger partial charge in [-0.2, -0.15) is 0 Å². The first-order valence-electron chi connectivity index (χ1n) is 7.41. The predicted molar refractivity (Wildman–Crippen MR) is 75.9 cm³/mol. The summed E-state index contributed by atoms with van der Waals surface area (Å²) < 4.78 is 19.3. The van der Waals surface area contributed by atoms with Crippen LogP contribution in [0.25, 0.3) is 0 Å². The highest BCUT2D eigenvalue weighted by Crippen LogP contribution is 2.26. The molecule has 1 N–H and O–H groups in total. The largest absolute Gasteiger partial charge is 0.493 e. The highest BCUT2D eigenvalue weighted by molar-refractivity contribution is 5.29. The van der Waals surface area contributed by atoms with E-state index in [0.717, 1.165) is 25.1 Å². The van der Waals surface area contributed by atoms with Crippen molar-refractivity contribution in [1.82, 2.24) is 5.32 Å². The summed E-state index contributed by atoms with van der Waals surface area (Å²) in [6.07, 6.45) is 6.20. The van der Waals surface area contributed by atoms with Crippen LogP contribution in [-0.2, 0) is 6.54 Å². The summed E-state index contributed by atoms with van der Waals surface area (Å²) in [7, 11) is 0. The Morgan fingerprint density at radius 1 is 1.26 bits per heavy atom. The minimum atomic E-state index is -0.211. The van der Waals surface area contributed by atoms with Crippen molar-refractivity contribution in [2.75, 3.05) is 13.2 Å². The smallest absolute Gasteiger partial charge is 0.127 e. The summed E-state index contributed by atoms with van der Waals surface area (Å²) in [6, 6.07) is 5.00. The molecule has 0 radical (unpaired) electrons. The molecule has 1 fully saturated rings. The first kappa shape index (κ1) is 14.3. The molecule has 0 bridgehead atoms. The van der Waals surface area contributed by atoms with E-state index < -0.39 is 0 Å². The molecule has 3 heteroatoms. The van der Waals surface area contributed by atoms with Crippen molar-refractivity contribution < 1.29 is 9.13 Å². The Morgan fingerprint density at radius 3 is 2.79 bits per heavy atom. The highest BCUT2D eigenvalue weighted by atomic mass is 19.1. The standard InChI is InChI=1S/C16H24FNO/c1-2-7-18-11-14-8-15(17)10-16(9-14)19-12-13-5-3-4-6-13/h8-10,13,18H,2-7,11-12H2,1H3. The second kappa shape index (κ2) is 7.49. The van der Waals surface area contributed by atoms with Crippen molar-refractivity contribution in [3.63, 3.8) is 0 Å². The molecule has 1 aliphatic carbocycles. The molecule has 1 aliphatic rings. The number of hydrogen-bond acceptors (Lipinski definition) is 2. The maximum atomic E-state index is 13.5. The van der Waals surface area contributed by atoms with Crippen LogP contribution in [0.4, 0.5) is 4.39 Å². The second-order valence-corrected chi connectivity index (χ2v) is 5.43. The highest BCUT2D eigenvalue weighted by Gasteiger charge is 2.15. The Morgan fingerprint density at radius 2 is 2.05 bits per heavy atom. The third-order valence-corrected chi connectivity index (χ3v) is 3.65. The Hall–Kier alpha value is -1.09. The van der Waals surface area contributed by atoms with E-state index in [-0.39, 0.29) is 5.82 Å². The molecule has 0 aromatic heterocycles. The van der Waals surface area contributed by atoms with E-state index in [9.17, 15) is 4.39 Å². The molecule has 0 unspecified atom stereocenters. The summed E-state index contributed by atoms with van der Waals surface area (Å²) in [5, 5.41) is 3.28. The minimum absolute atomic E-state index is 0.211. The normalized spacial score (nSPS) is 15.9. The molecule has 0 saturated heterocycles. The Balaban J connectivity index is 1.87. The van der Waals surface area contributed by atoms with Crippen LogP contribution in [0, 0.1) is 11.7 Å². The number of hydrogen-bond donors (Lipinski definition) is 1. The van der Waals surface area contributed by atoms with Crippen LogP contribution >= 0.6 is 0 Å². The molecule has 2 nitrogen and oxygen atoms in total. The van der Waals surface area contributed by atoms with Crippen molar-refractivity contribution in [1.29, 1.82) is 0 Å². The second-order valence-electron chi connectivity index (χ2n) is 5.43. The van der Waals surface area contributed by atoms with Crippen LogP contribution in [0.5, 0.6) is 5.75 Å². The fraction of sp³-hybridized carbons (Fsp3) is 0.625. The lowest BCUT2D eigenvalue weighted by molar-refractivity contribution is 0.251. The minimum Gasteiger partial charge on any atom is -0.493 e. The first-order valence-corrected chi connectivity index (χ1v) is 7.41. The molecule has 0 atom stereocenters. The zero-order chi connectivity index (χ0) is 13.5. The molecule has 19 heavy (non-hydrogen) atoms. The van der Waals surface area contributed by atoms with E-state index in [0.29, 0.717) is 18.2 Å². The number of rotatable bonds is 7. The zero-order valence-corrected chi connectivity index (χ0v) is 11.8. The van der Waals surface area contributed by atoms with Crippen LogP contribution in [0.15, 0.2) is 18.2 Å². The van der Waals surface area contributed by atoms with Crippen LogP contribution in [0.2, 0.25) is 0 Å². The van der Waals surface area contributed by atoms with Gasteiger partial charge in [-0.05, 0) is 49.4 Å². The molecular formula is C16H24FNO. The quantitative estimate of drug-likeness (QED) is 0.755. The van der Waals surface area contributed by atoms with Gasteiger partial charge in [0.2, 0.25) is 0 Å². The van der Waals surface area contributed by atoms with E-state index in [1.165, 1.54) is 31.7 Å². The number of nitrogens with one attached hydrogen (secondary N) is 1. The predicted octanol–water partition coefficient (Wildman–Crippen LogP) is 3.89. The Labute approximate surface area is 115 Å². The van der Waals surface area contributed by atoms with Gasteiger partial charge in [-0.3, -0.25) is 0 Å². The topological polar surface area (TPSA) is 21.3 Å². The first-order chi connectivity index (χ1) is 9.28. The Bertz CT molecular complexity index is 388. The average Bonchev–Trinajstić information content (AvgIpc) is 2.89. The van der Waals surface area contributed by atoms with Crippen molar-refractivity contribution in [3.05, 3.63) is 29.6 Å². The Kier molecular flexibility index (Phi) is 5.64. The van der Waals surface area contributed by atoms with E-state index in [1.54, 1.807) is 6.07 Å². The lowest BCUT2D eigenvalue weighted by Gasteiger charge is -2.13. The van der Waals surface area contributed by atoms with Crippen molar-refractivity contribution >= 4 is 0 Å². The fourth-order valence-corrected chi connectivity index (χ4v) is 2.61. The van der Waals surface area contributed by atoms with Crippen molar-refractivity contribution in [2.45, 2.75) is 45.6 Å². The number of halogens is 1. The van der Waals surface area contributed by atoms with Gasteiger partial charge >= 0.3 is 0 Å². The van der Waals surface area contributed by atoms with Crippen LogP contribution in [0.3, 0.4) is 0 Å². The van der Waals surface area contributed by atoms with Gasteiger partial charge in [-0.1, -0.05) is 19.8 Å². The van der Waals surface area contributed by atoms with Crippen LogP contribution in [-0.4, -0.2) is 13.2 Å². The number of benzene rings is 1. The third-order valence-electron chi connectivity index (χ3n) is 3.65. The molecule has 0 spiro atoms. The molecule has 106 valence electrons. The molecule has 2 rings (SSSR count). The van der Waals surface area contributed by atoms with Crippen molar-refractivity contribution in [3.8, 4) is 5.75 Å². The maximum Gasteiger partial charge on any atom is 0.127 e. The summed E-state index contributed by atoms with van der Waals surface area (Å²) in [6.45, 7) is 4.50. The zero-order valence-electron chi connectivity index (χ0n) is 11.8. The lowest BCUT2D eigenvalue weighted by Crippen LogP contribution is -2.14. The van der Waals surface area contributed by atoms with Gasteiger partial charge in [0.15, 0.2) is 0 Å². The van der Waals surface area contributed by atoms with E-state index in [4.69, 9.17) is 4.74 Å². The maximum absolute atomic E-state index is 13.5. The van der Waals surface area contributed by atoms with E-state index in [1.807, 2.05) is 6.07 Å². The molecule has 0 aliphatic heterocycles. The van der Waals surface area contributed by atoms with Gasteiger partial charge in [0.05, 0.1) is 6.61 Å². The SMILES string of the molecule is CCCNCc1cc(F)cc(OCC2CCCC2)c1. The molecule has 1 aromatic rings. The van der Waals surface area contributed by atoms with Crippen LogP contribution in [0.1, 0.15) is 44.6 Å². The molecule has 1 saturated carbocycles. The van der Waals surface area contributed by atoms with Gasteiger partial charge in [0.25, 0.3) is 0 Å². The van der Waals surface area contributed by atoms with Gasteiger partial charge in [0.1, 0.15) is 11.6 Å². The molecule has 0 amide bonds. The van der Waals surface area contributed by atoms with Crippen LogP contribution < -0.4 is 10.1 Å². The summed E-state index contributed by atoms with van der Waals surface area (Å²) >= 11 is 0. The summed E-state index contributed by atoms with van der Waals surface area (Å²) in [4.78, 5) is 0. The van der Waals surface area contributed by atoms with Gasteiger partial charge in [0, 0.05) is 12.6 Å². The van der Waals surface area contributed by atoms with Gasteiger partial charge in [-0.15, -0.1) is 0 Å². The number of ether oxygens (including phenoxy) is 1. The monoisotopic (exact) mass is 265 g/mol. The summed E-state index contributed by atoms with van der Waals surface area (Å²) in [5.74, 6) is 1.11. The lowest BCUT2D eigenvalue weighted by atomic mass is 10.1. The van der Waals surface area contributed by atoms with Gasteiger partial charge < -0.3 is 10.1 Å². The summed E-state index contributed by atoms with van der Waals surface area (Å²) in [5.41, 5.74) is 0.954. The third kappa shape index (κ3) is 4.83. The molecular weight excluding hydrogens is 241 g/mol. The van der Waals surface area contributed by atoms with Gasteiger partial charge in [-0.25, -0.2) is 4.39 Å². The van der Waals surface area contributed by atoms with E-state index >= 15 is 0 Å². The average molecular weight is 265 g/mol. The molecule has 1 aromatic carbocycles. The molecule has 0 heterocycles. The fourth-order valence-electron chi connectivity index (χ4n) is 2.61. The van der Waals surface area contributed by atoms with E-state index in [2.05, 4.69) is 12.2 Å².